The molecule has 0 aromatic rings. The van der Waals surface area contributed by atoms with Crippen molar-refractivity contribution in [1.29, 1.82) is 0 Å². The topological polar surface area (TPSA) is 107 Å². The molecular formula is C22H34O6. The van der Waals surface area contributed by atoms with Gasteiger partial charge in [0.05, 0.1) is 30.5 Å². The number of aliphatic hydroxyl groups is 3. The van der Waals surface area contributed by atoms with Gasteiger partial charge in [0.25, 0.3) is 0 Å². The quantitative estimate of drug-likeness (QED) is 0.358. The Morgan fingerprint density at radius 3 is 2.36 bits per heavy atom. The van der Waals surface area contributed by atoms with Crippen LogP contribution in [0.25, 0.3) is 0 Å². The Hall–Kier alpha value is -1.73. The van der Waals surface area contributed by atoms with E-state index in [1.807, 2.05) is 43.4 Å². The molecule has 0 aromatic heterocycles. The zero-order valence-corrected chi connectivity index (χ0v) is 16.6. The van der Waals surface area contributed by atoms with E-state index in [1.54, 1.807) is 6.08 Å². The van der Waals surface area contributed by atoms with E-state index in [-0.39, 0.29) is 12.5 Å². The summed E-state index contributed by atoms with van der Waals surface area (Å²) in [7, 11) is 0. The van der Waals surface area contributed by atoms with Crippen LogP contribution in [0.1, 0.15) is 51.9 Å². The van der Waals surface area contributed by atoms with Gasteiger partial charge in [-0.1, -0.05) is 55.5 Å². The minimum absolute atomic E-state index is 0.160. The van der Waals surface area contributed by atoms with Crippen molar-refractivity contribution < 1.29 is 30.0 Å². The van der Waals surface area contributed by atoms with Crippen LogP contribution in [0.4, 0.5) is 0 Å². The van der Waals surface area contributed by atoms with Gasteiger partial charge in [0.15, 0.2) is 0 Å². The fraction of sp³-hybridized carbons (Fsp3) is 0.591. The van der Waals surface area contributed by atoms with E-state index in [4.69, 9.17) is 9.84 Å². The minimum atomic E-state index is -0.837. The second-order valence-electron chi connectivity index (χ2n) is 6.92. The Morgan fingerprint density at radius 1 is 1.07 bits per heavy atom. The molecule has 1 aliphatic heterocycles. The second kappa shape index (κ2) is 14.3. The number of allylic oxidation sites excluding steroid dienone is 5. The maximum absolute atomic E-state index is 10.4. The molecule has 1 rings (SSSR count). The minimum Gasteiger partial charge on any atom is -0.481 e. The smallest absolute Gasteiger partial charge is 0.303 e. The number of ether oxygens (including phenoxy) is 1. The van der Waals surface area contributed by atoms with Crippen molar-refractivity contribution in [2.24, 2.45) is 0 Å². The van der Waals surface area contributed by atoms with Gasteiger partial charge >= 0.3 is 5.97 Å². The third-order valence-corrected chi connectivity index (χ3v) is 4.52. The number of carbonyl (C=O) groups is 1. The van der Waals surface area contributed by atoms with Gasteiger partial charge in [0.1, 0.15) is 0 Å². The van der Waals surface area contributed by atoms with E-state index in [1.165, 1.54) is 6.08 Å². The molecule has 0 bridgehead atoms. The van der Waals surface area contributed by atoms with Crippen LogP contribution < -0.4 is 0 Å². The molecule has 5 atom stereocenters. The Morgan fingerprint density at radius 2 is 1.71 bits per heavy atom. The fourth-order valence-corrected chi connectivity index (χ4v) is 2.79. The third kappa shape index (κ3) is 10.6. The summed E-state index contributed by atoms with van der Waals surface area (Å²) in [6, 6.07) is 0. The summed E-state index contributed by atoms with van der Waals surface area (Å²) in [4.78, 5) is 10.4. The van der Waals surface area contributed by atoms with Crippen molar-refractivity contribution >= 4 is 5.97 Å². The molecule has 1 saturated heterocycles. The van der Waals surface area contributed by atoms with Crippen molar-refractivity contribution in [2.45, 2.75) is 82.4 Å². The number of rotatable bonds is 13. The van der Waals surface area contributed by atoms with Gasteiger partial charge in [-0.05, 0) is 32.1 Å². The normalized spacial score (nSPS) is 25.5. The highest BCUT2D eigenvalue weighted by atomic mass is 16.5. The highest BCUT2D eigenvalue weighted by molar-refractivity contribution is 5.66. The highest BCUT2D eigenvalue weighted by Crippen LogP contribution is 2.26. The van der Waals surface area contributed by atoms with E-state index >= 15 is 0 Å². The number of carboxylic acids is 1. The lowest BCUT2D eigenvalue weighted by Crippen LogP contribution is -2.24. The van der Waals surface area contributed by atoms with Crippen LogP contribution in [-0.2, 0) is 9.53 Å². The molecule has 1 aliphatic rings. The maximum Gasteiger partial charge on any atom is 0.303 e. The van der Waals surface area contributed by atoms with Crippen molar-refractivity contribution in [1.82, 2.24) is 0 Å². The highest BCUT2D eigenvalue weighted by Gasteiger charge is 2.36. The first-order chi connectivity index (χ1) is 13.4. The lowest BCUT2D eigenvalue weighted by atomic mass is 10.0. The SMILES string of the molecule is CC[C@@H](O)/C=C/[C@H](O)[C@H]1C[C@H](O)[C@@H](C/C=C\C/C=C\C/C=C\CCC(=O)O)O1. The molecule has 1 heterocycles. The molecule has 6 heteroatoms. The molecule has 0 spiro atoms. The van der Waals surface area contributed by atoms with Crippen molar-refractivity contribution in [3.63, 3.8) is 0 Å². The molecular weight excluding hydrogens is 360 g/mol. The van der Waals surface area contributed by atoms with Crippen LogP contribution in [0, 0.1) is 0 Å². The summed E-state index contributed by atoms with van der Waals surface area (Å²) in [6.07, 6.45) is 15.9. The molecule has 0 amide bonds. The van der Waals surface area contributed by atoms with Gasteiger partial charge in [-0.2, -0.15) is 0 Å². The average molecular weight is 395 g/mol. The largest absolute Gasteiger partial charge is 0.481 e. The molecule has 6 nitrogen and oxygen atoms in total. The predicted molar refractivity (Wildman–Crippen MR) is 109 cm³/mol. The number of aliphatic hydroxyl groups excluding tert-OH is 3. The van der Waals surface area contributed by atoms with Crippen LogP contribution in [0.3, 0.4) is 0 Å². The molecule has 0 aromatic carbocycles. The summed E-state index contributed by atoms with van der Waals surface area (Å²) < 4.78 is 5.75. The molecule has 0 aliphatic carbocycles. The van der Waals surface area contributed by atoms with E-state index in [2.05, 4.69) is 0 Å². The Labute approximate surface area is 167 Å². The second-order valence-corrected chi connectivity index (χ2v) is 6.92. The summed E-state index contributed by atoms with van der Waals surface area (Å²) in [5, 5.41) is 38.2. The van der Waals surface area contributed by atoms with Gasteiger partial charge in [0.2, 0.25) is 0 Å². The van der Waals surface area contributed by atoms with Crippen molar-refractivity contribution in [3.05, 3.63) is 48.6 Å². The number of hydrogen-bond acceptors (Lipinski definition) is 5. The molecule has 0 unspecified atom stereocenters. The number of carboxylic acid groups (broad SMARTS) is 1. The molecule has 0 saturated carbocycles. The van der Waals surface area contributed by atoms with Crippen LogP contribution in [0.2, 0.25) is 0 Å². The van der Waals surface area contributed by atoms with E-state index in [9.17, 15) is 20.1 Å². The predicted octanol–water partition coefficient (Wildman–Crippen LogP) is 2.90. The third-order valence-electron chi connectivity index (χ3n) is 4.52. The first kappa shape index (κ1) is 24.3. The standard InChI is InChI=1S/C22H34O6/c1-2-17(23)14-15-18(24)21-16-19(25)20(28-21)12-10-8-6-4-3-5-7-9-11-13-22(26)27/h3-4,7-10,14-15,17-21,23-25H,2,5-6,11-13,16H2,1H3,(H,26,27)/b4-3-,9-7-,10-8-,15-14+/t17-,18+,19+,20-,21-/m1/s1. The van der Waals surface area contributed by atoms with Gasteiger partial charge in [0, 0.05) is 12.8 Å². The van der Waals surface area contributed by atoms with Gasteiger partial charge < -0.3 is 25.2 Å². The summed E-state index contributed by atoms with van der Waals surface area (Å²) in [6.45, 7) is 1.86. The molecule has 4 N–H and O–H groups in total. The van der Waals surface area contributed by atoms with Crippen LogP contribution in [-0.4, -0.2) is 56.9 Å². The maximum atomic E-state index is 10.4. The van der Waals surface area contributed by atoms with Gasteiger partial charge in [-0.25, -0.2) is 0 Å². The van der Waals surface area contributed by atoms with Crippen molar-refractivity contribution in [3.8, 4) is 0 Å². The average Bonchev–Trinajstić information content (AvgIpc) is 3.04. The number of aliphatic carboxylic acids is 1. The Bertz CT molecular complexity index is 551. The first-order valence-corrected chi connectivity index (χ1v) is 9.98. The van der Waals surface area contributed by atoms with Crippen molar-refractivity contribution in [2.75, 3.05) is 0 Å². The zero-order valence-electron chi connectivity index (χ0n) is 16.6. The van der Waals surface area contributed by atoms with Crippen LogP contribution in [0.5, 0.6) is 0 Å². The molecule has 158 valence electrons. The number of hydrogen-bond donors (Lipinski definition) is 4. The van der Waals surface area contributed by atoms with Crippen LogP contribution in [0.15, 0.2) is 48.6 Å². The lowest BCUT2D eigenvalue weighted by Gasteiger charge is -2.16. The van der Waals surface area contributed by atoms with Crippen LogP contribution >= 0.6 is 0 Å². The summed E-state index contributed by atoms with van der Waals surface area (Å²) in [5.41, 5.74) is 0. The molecule has 0 radical (unpaired) electrons. The van der Waals surface area contributed by atoms with E-state index in [0.717, 1.165) is 12.8 Å². The molecule has 1 fully saturated rings. The summed E-state index contributed by atoms with van der Waals surface area (Å²) >= 11 is 0. The van der Waals surface area contributed by atoms with E-state index in [0.29, 0.717) is 25.7 Å². The fourth-order valence-electron chi connectivity index (χ4n) is 2.79. The molecule has 28 heavy (non-hydrogen) atoms. The lowest BCUT2D eigenvalue weighted by molar-refractivity contribution is -0.136. The zero-order chi connectivity index (χ0) is 20.8. The Balaban J connectivity index is 2.23. The Kier molecular flexibility index (Phi) is 12.4. The monoisotopic (exact) mass is 394 g/mol. The van der Waals surface area contributed by atoms with E-state index < -0.39 is 30.4 Å². The summed E-state index contributed by atoms with van der Waals surface area (Å²) in [5.74, 6) is -0.783. The van der Waals surface area contributed by atoms with Gasteiger partial charge in [-0.15, -0.1) is 0 Å². The first-order valence-electron chi connectivity index (χ1n) is 9.98. The van der Waals surface area contributed by atoms with Gasteiger partial charge in [-0.3, -0.25) is 4.79 Å².